The van der Waals surface area contributed by atoms with Crippen LogP contribution in [0.3, 0.4) is 0 Å². The number of thiophene rings is 2. The molecule has 92 valence electrons. The lowest BCUT2D eigenvalue weighted by atomic mass is 10.2. The zero-order chi connectivity index (χ0) is 12.1. The smallest absolute Gasteiger partial charge is 0.0468 e. The van der Waals surface area contributed by atoms with Crippen LogP contribution in [0.1, 0.15) is 11.8 Å². The normalized spacial score (nSPS) is 12.8. The van der Waals surface area contributed by atoms with Gasteiger partial charge in [-0.15, -0.1) is 22.7 Å². The number of nitrogens with one attached hydrogen (secondary N) is 1. The number of aliphatic hydroxyl groups is 1. The summed E-state index contributed by atoms with van der Waals surface area (Å²) in [6.45, 7) is 4.04. The van der Waals surface area contributed by atoms with Gasteiger partial charge in [0.2, 0.25) is 0 Å². The highest BCUT2D eigenvalue weighted by Gasteiger charge is 2.04. The Hall–Kier alpha value is -0.680. The fraction of sp³-hybridized carbons (Fsp3) is 0.385. The highest BCUT2D eigenvalue weighted by molar-refractivity contribution is 7.14. The van der Waals surface area contributed by atoms with Crippen LogP contribution >= 0.6 is 22.7 Å². The number of hydrogen-bond donors (Lipinski definition) is 2. The second-order valence-corrected chi connectivity index (χ2v) is 6.14. The van der Waals surface area contributed by atoms with Gasteiger partial charge >= 0.3 is 0 Å². The average molecular weight is 267 g/mol. The molecule has 0 radical (unpaired) electrons. The summed E-state index contributed by atoms with van der Waals surface area (Å²) in [4.78, 5) is 2.68. The van der Waals surface area contributed by atoms with Crippen molar-refractivity contribution in [1.82, 2.24) is 5.32 Å². The van der Waals surface area contributed by atoms with E-state index in [9.17, 15) is 0 Å². The third-order valence-corrected chi connectivity index (χ3v) is 4.42. The van der Waals surface area contributed by atoms with Gasteiger partial charge in [-0.25, -0.2) is 0 Å². The standard InChI is InChI=1S/C13H17NOS2/c1-10(8-15)6-14-7-12-5-11(9-17-12)13-3-2-4-16-13/h2-5,9-10,14-15H,6-8H2,1H3. The van der Waals surface area contributed by atoms with Gasteiger partial charge in [-0.05, 0) is 28.8 Å². The third kappa shape index (κ3) is 3.64. The minimum Gasteiger partial charge on any atom is -0.396 e. The lowest BCUT2D eigenvalue weighted by molar-refractivity contribution is 0.233. The zero-order valence-corrected chi connectivity index (χ0v) is 11.5. The Morgan fingerprint density at radius 1 is 1.41 bits per heavy atom. The first-order valence-corrected chi connectivity index (χ1v) is 7.48. The molecule has 17 heavy (non-hydrogen) atoms. The van der Waals surface area contributed by atoms with Crippen LogP contribution in [0.25, 0.3) is 10.4 Å². The van der Waals surface area contributed by atoms with Gasteiger partial charge in [0.1, 0.15) is 0 Å². The second kappa shape index (κ2) is 6.31. The summed E-state index contributed by atoms with van der Waals surface area (Å²) in [5, 5.41) is 16.6. The molecule has 2 N–H and O–H groups in total. The second-order valence-electron chi connectivity index (χ2n) is 4.20. The topological polar surface area (TPSA) is 32.3 Å². The first kappa shape index (κ1) is 12.8. The van der Waals surface area contributed by atoms with Gasteiger partial charge in [-0.3, -0.25) is 0 Å². The molecule has 0 aliphatic carbocycles. The monoisotopic (exact) mass is 267 g/mol. The molecular formula is C13H17NOS2. The molecule has 1 unspecified atom stereocenters. The van der Waals surface area contributed by atoms with Gasteiger partial charge in [0.05, 0.1) is 0 Å². The number of hydrogen-bond acceptors (Lipinski definition) is 4. The predicted molar refractivity (Wildman–Crippen MR) is 75.6 cm³/mol. The van der Waals surface area contributed by atoms with E-state index in [0.29, 0.717) is 5.92 Å². The fourth-order valence-electron chi connectivity index (χ4n) is 1.55. The Bertz CT molecular complexity index is 436. The van der Waals surface area contributed by atoms with Crippen molar-refractivity contribution in [2.24, 2.45) is 5.92 Å². The number of aliphatic hydroxyl groups excluding tert-OH is 1. The molecule has 2 rings (SSSR count). The summed E-state index contributed by atoms with van der Waals surface area (Å²) in [5.41, 5.74) is 1.32. The Balaban J connectivity index is 1.87. The minimum atomic E-state index is 0.248. The van der Waals surface area contributed by atoms with Crippen LogP contribution in [0.15, 0.2) is 29.0 Å². The fourth-order valence-corrected chi connectivity index (χ4v) is 3.19. The summed E-state index contributed by atoms with van der Waals surface area (Å²) in [6, 6.07) is 6.48. The first-order chi connectivity index (χ1) is 8.29. The molecule has 0 fully saturated rings. The van der Waals surface area contributed by atoms with Gasteiger partial charge < -0.3 is 10.4 Å². The van der Waals surface area contributed by atoms with Crippen molar-refractivity contribution < 1.29 is 5.11 Å². The van der Waals surface area contributed by atoms with Gasteiger partial charge in [0.25, 0.3) is 0 Å². The highest BCUT2D eigenvalue weighted by Crippen LogP contribution is 2.29. The Labute approximate surface area is 110 Å². The van der Waals surface area contributed by atoms with Crippen molar-refractivity contribution in [3.63, 3.8) is 0 Å². The average Bonchev–Trinajstić information content (AvgIpc) is 2.98. The molecule has 0 bridgehead atoms. The quantitative estimate of drug-likeness (QED) is 0.842. The van der Waals surface area contributed by atoms with Crippen molar-refractivity contribution in [3.05, 3.63) is 33.8 Å². The van der Waals surface area contributed by atoms with E-state index in [1.807, 2.05) is 6.92 Å². The van der Waals surface area contributed by atoms with E-state index >= 15 is 0 Å². The molecule has 1 atom stereocenters. The van der Waals surface area contributed by atoms with Gasteiger partial charge in [0, 0.05) is 35.0 Å². The highest BCUT2D eigenvalue weighted by atomic mass is 32.1. The molecule has 2 nitrogen and oxygen atoms in total. The van der Waals surface area contributed by atoms with E-state index in [0.717, 1.165) is 13.1 Å². The maximum Gasteiger partial charge on any atom is 0.0468 e. The van der Waals surface area contributed by atoms with Crippen molar-refractivity contribution in [3.8, 4) is 10.4 Å². The minimum absolute atomic E-state index is 0.248. The molecule has 0 saturated carbocycles. The van der Waals surface area contributed by atoms with Crippen LogP contribution in [-0.2, 0) is 6.54 Å². The maximum atomic E-state index is 8.93. The summed E-state index contributed by atoms with van der Waals surface area (Å²) >= 11 is 3.56. The van der Waals surface area contributed by atoms with Crippen molar-refractivity contribution in [1.29, 1.82) is 0 Å². The Kier molecular flexibility index (Phi) is 4.74. The van der Waals surface area contributed by atoms with Crippen LogP contribution in [0.5, 0.6) is 0 Å². The molecule has 0 aliphatic rings. The van der Waals surface area contributed by atoms with Crippen LogP contribution < -0.4 is 5.32 Å². The molecule has 0 saturated heterocycles. The van der Waals surface area contributed by atoms with Gasteiger partial charge in [-0.1, -0.05) is 13.0 Å². The largest absolute Gasteiger partial charge is 0.396 e. The van der Waals surface area contributed by atoms with Gasteiger partial charge in [-0.2, -0.15) is 0 Å². The first-order valence-electron chi connectivity index (χ1n) is 5.72. The summed E-state index contributed by atoms with van der Waals surface area (Å²) < 4.78 is 0. The van der Waals surface area contributed by atoms with E-state index in [-0.39, 0.29) is 6.61 Å². The van der Waals surface area contributed by atoms with Crippen LogP contribution in [0.4, 0.5) is 0 Å². The summed E-state index contributed by atoms with van der Waals surface area (Å²) in [5.74, 6) is 0.326. The van der Waals surface area contributed by atoms with Crippen molar-refractivity contribution in [2.75, 3.05) is 13.2 Å². The Morgan fingerprint density at radius 2 is 2.29 bits per heavy atom. The summed E-state index contributed by atoms with van der Waals surface area (Å²) in [7, 11) is 0. The SMILES string of the molecule is CC(CO)CNCc1cc(-c2cccs2)cs1. The zero-order valence-electron chi connectivity index (χ0n) is 9.85. The van der Waals surface area contributed by atoms with Crippen LogP contribution in [0.2, 0.25) is 0 Å². The van der Waals surface area contributed by atoms with E-state index in [1.165, 1.54) is 15.3 Å². The van der Waals surface area contributed by atoms with Crippen LogP contribution in [0, 0.1) is 5.92 Å². The molecule has 0 spiro atoms. The molecular weight excluding hydrogens is 250 g/mol. The van der Waals surface area contributed by atoms with Crippen molar-refractivity contribution >= 4 is 22.7 Å². The molecule has 2 aromatic rings. The molecule has 2 aromatic heterocycles. The van der Waals surface area contributed by atoms with E-state index < -0.39 is 0 Å². The molecule has 0 aliphatic heterocycles. The lowest BCUT2D eigenvalue weighted by Gasteiger charge is -2.07. The van der Waals surface area contributed by atoms with Crippen LogP contribution in [-0.4, -0.2) is 18.3 Å². The lowest BCUT2D eigenvalue weighted by Crippen LogP contribution is -2.22. The number of rotatable bonds is 6. The Morgan fingerprint density at radius 3 is 3.00 bits per heavy atom. The summed E-state index contributed by atoms with van der Waals surface area (Å²) in [6.07, 6.45) is 0. The molecule has 0 aromatic carbocycles. The molecule has 2 heterocycles. The van der Waals surface area contributed by atoms with E-state index in [2.05, 4.69) is 34.3 Å². The predicted octanol–water partition coefficient (Wildman–Crippen LogP) is 3.19. The maximum absolute atomic E-state index is 8.93. The molecule has 4 heteroatoms. The molecule has 0 amide bonds. The van der Waals surface area contributed by atoms with E-state index in [1.54, 1.807) is 22.7 Å². The third-order valence-electron chi connectivity index (χ3n) is 2.56. The van der Waals surface area contributed by atoms with Crippen molar-refractivity contribution in [2.45, 2.75) is 13.5 Å². The van der Waals surface area contributed by atoms with Gasteiger partial charge in [0.15, 0.2) is 0 Å². The van der Waals surface area contributed by atoms with E-state index in [4.69, 9.17) is 5.11 Å².